The normalized spacial score (nSPS) is 17.5. The van der Waals surface area contributed by atoms with Gasteiger partial charge in [0.05, 0.1) is 0 Å². The third-order valence-electron chi connectivity index (χ3n) is 3.24. The number of halogens is 1. The fourth-order valence-electron chi connectivity index (χ4n) is 2.12. The minimum absolute atomic E-state index is 0.290. The van der Waals surface area contributed by atoms with Gasteiger partial charge in [-0.3, -0.25) is 0 Å². The topological polar surface area (TPSA) is 49.2 Å². The molecular formula is C12H18ClN3O. The first kappa shape index (κ1) is 12.6. The van der Waals surface area contributed by atoms with Crippen LogP contribution >= 0.6 is 11.6 Å². The molecule has 1 aliphatic rings. The minimum Gasteiger partial charge on any atom is -0.396 e. The van der Waals surface area contributed by atoms with Crippen molar-refractivity contribution in [3.63, 3.8) is 0 Å². The molecule has 0 radical (unpaired) electrons. The minimum atomic E-state index is 0.290. The highest BCUT2D eigenvalue weighted by molar-refractivity contribution is 6.29. The van der Waals surface area contributed by atoms with Crippen molar-refractivity contribution >= 4 is 17.4 Å². The summed E-state index contributed by atoms with van der Waals surface area (Å²) in [5.41, 5.74) is 0. The van der Waals surface area contributed by atoms with E-state index in [1.165, 1.54) is 0 Å². The second-order valence-corrected chi connectivity index (χ2v) is 4.82. The van der Waals surface area contributed by atoms with Crippen LogP contribution in [0, 0.1) is 5.92 Å². The summed E-state index contributed by atoms with van der Waals surface area (Å²) in [6.07, 6.45) is 2.82. The van der Waals surface area contributed by atoms with Crippen molar-refractivity contribution in [1.29, 1.82) is 0 Å². The van der Waals surface area contributed by atoms with E-state index in [9.17, 15) is 0 Å². The Hall–Kier alpha value is -0.870. The number of aromatic nitrogens is 2. The van der Waals surface area contributed by atoms with Crippen LogP contribution in [-0.4, -0.2) is 34.8 Å². The van der Waals surface area contributed by atoms with E-state index in [0.717, 1.165) is 44.0 Å². The Morgan fingerprint density at radius 3 is 2.71 bits per heavy atom. The van der Waals surface area contributed by atoms with Gasteiger partial charge < -0.3 is 10.0 Å². The largest absolute Gasteiger partial charge is 0.396 e. The number of nitrogens with zero attached hydrogens (tertiary/aromatic N) is 3. The highest BCUT2D eigenvalue weighted by Gasteiger charge is 2.20. The van der Waals surface area contributed by atoms with Crippen molar-refractivity contribution in [2.75, 3.05) is 24.6 Å². The highest BCUT2D eigenvalue weighted by atomic mass is 35.5. The van der Waals surface area contributed by atoms with Crippen LogP contribution in [0.1, 0.15) is 25.6 Å². The molecule has 1 aromatic rings. The number of hydrogen-bond acceptors (Lipinski definition) is 4. The van der Waals surface area contributed by atoms with E-state index in [-0.39, 0.29) is 0 Å². The second-order valence-electron chi connectivity index (χ2n) is 4.43. The summed E-state index contributed by atoms with van der Waals surface area (Å²) in [6.45, 7) is 4.18. The molecule has 0 aromatic carbocycles. The zero-order chi connectivity index (χ0) is 12.3. The SMILES string of the molecule is CCc1nc(Cl)cc(N2CCC(CO)CC2)n1. The van der Waals surface area contributed by atoms with Crippen molar-refractivity contribution in [2.24, 2.45) is 5.92 Å². The van der Waals surface area contributed by atoms with Gasteiger partial charge in [0.1, 0.15) is 16.8 Å². The number of rotatable bonds is 3. The van der Waals surface area contributed by atoms with Gasteiger partial charge >= 0.3 is 0 Å². The molecule has 1 aromatic heterocycles. The Morgan fingerprint density at radius 2 is 2.12 bits per heavy atom. The van der Waals surface area contributed by atoms with Gasteiger partial charge in [-0.05, 0) is 18.8 Å². The predicted molar refractivity (Wildman–Crippen MR) is 68.4 cm³/mol. The Balaban J connectivity index is 2.10. The van der Waals surface area contributed by atoms with Gasteiger partial charge in [-0.25, -0.2) is 9.97 Å². The van der Waals surface area contributed by atoms with E-state index in [1.54, 1.807) is 0 Å². The molecule has 0 amide bonds. The molecule has 0 spiro atoms. The molecular weight excluding hydrogens is 238 g/mol. The van der Waals surface area contributed by atoms with Gasteiger partial charge in [0.15, 0.2) is 0 Å². The van der Waals surface area contributed by atoms with Gasteiger partial charge in [-0.1, -0.05) is 18.5 Å². The maximum Gasteiger partial charge on any atom is 0.134 e. The molecule has 4 nitrogen and oxygen atoms in total. The molecule has 5 heteroatoms. The van der Waals surface area contributed by atoms with Gasteiger partial charge in [0, 0.05) is 32.2 Å². The van der Waals surface area contributed by atoms with Crippen molar-refractivity contribution in [2.45, 2.75) is 26.2 Å². The molecule has 0 unspecified atom stereocenters. The number of piperidine rings is 1. The summed E-state index contributed by atoms with van der Waals surface area (Å²) in [5, 5.41) is 9.62. The first-order valence-electron chi connectivity index (χ1n) is 6.12. The molecule has 2 rings (SSSR count). The monoisotopic (exact) mass is 255 g/mol. The van der Waals surface area contributed by atoms with E-state index in [4.69, 9.17) is 16.7 Å². The van der Waals surface area contributed by atoms with Crippen LogP contribution in [0.2, 0.25) is 5.15 Å². The van der Waals surface area contributed by atoms with E-state index in [2.05, 4.69) is 14.9 Å². The first-order chi connectivity index (χ1) is 8.22. The fourth-order valence-corrected chi connectivity index (χ4v) is 2.31. The molecule has 1 saturated heterocycles. The third-order valence-corrected chi connectivity index (χ3v) is 3.43. The molecule has 0 bridgehead atoms. The highest BCUT2D eigenvalue weighted by Crippen LogP contribution is 2.23. The van der Waals surface area contributed by atoms with Crippen LogP contribution in [0.4, 0.5) is 5.82 Å². The summed E-state index contributed by atoms with van der Waals surface area (Å²) in [5.74, 6) is 2.14. The lowest BCUT2D eigenvalue weighted by atomic mass is 9.98. The van der Waals surface area contributed by atoms with Gasteiger partial charge in [-0.15, -0.1) is 0 Å². The van der Waals surface area contributed by atoms with Crippen molar-refractivity contribution in [1.82, 2.24) is 9.97 Å². The average Bonchev–Trinajstić information content (AvgIpc) is 2.38. The fraction of sp³-hybridized carbons (Fsp3) is 0.667. The quantitative estimate of drug-likeness (QED) is 0.839. The summed E-state index contributed by atoms with van der Waals surface area (Å²) >= 11 is 5.99. The average molecular weight is 256 g/mol. The molecule has 0 aliphatic carbocycles. The van der Waals surface area contributed by atoms with Crippen LogP contribution in [0.25, 0.3) is 0 Å². The Morgan fingerprint density at radius 1 is 1.41 bits per heavy atom. The van der Waals surface area contributed by atoms with Crippen LogP contribution in [-0.2, 0) is 6.42 Å². The Kier molecular flexibility index (Phi) is 4.18. The first-order valence-corrected chi connectivity index (χ1v) is 6.50. The zero-order valence-electron chi connectivity index (χ0n) is 10.1. The number of anilines is 1. The van der Waals surface area contributed by atoms with E-state index >= 15 is 0 Å². The predicted octanol–water partition coefficient (Wildman–Crippen LogP) is 1.90. The summed E-state index contributed by atoms with van der Waals surface area (Å²) < 4.78 is 0. The van der Waals surface area contributed by atoms with E-state index in [0.29, 0.717) is 17.7 Å². The molecule has 0 saturated carbocycles. The smallest absolute Gasteiger partial charge is 0.134 e. The molecule has 17 heavy (non-hydrogen) atoms. The summed E-state index contributed by atoms with van der Waals surface area (Å²) in [4.78, 5) is 10.9. The molecule has 1 fully saturated rings. The molecule has 1 aliphatic heterocycles. The van der Waals surface area contributed by atoms with Crippen LogP contribution in [0.15, 0.2) is 6.07 Å². The lowest BCUT2D eigenvalue weighted by Crippen LogP contribution is -2.35. The Labute approximate surface area is 107 Å². The number of aryl methyl sites for hydroxylation is 1. The molecule has 1 N–H and O–H groups in total. The Bertz CT molecular complexity index is 378. The molecule has 94 valence electrons. The van der Waals surface area contributed by atoms with Crippen LogP contribution in [0.3, 0.4) is 0 Å². The van der Waals surface area contributed by atoms with Gasteiger partial charge in [0.25, 0.3) is 0 Å². The molecule has 2 heterocycles. The number of hydrogen-bond donors (Lipinski definition) is 1. The second kappa shape index (κ2) is 5.65. The van der Waals surface area contributed by atoms with E-state index in [1.807, 2.05) is 13.0 Å². The van der Waals surface area contributed by atoms with Crippen LogP contribution < -0.4 is 4.90 Å². The van der Waals surface area contributed by atoms with Crippen molar-refractivity contribution < 1.29 is 5.11 Å². The van der Waals surface area contributed by atoms with Crippen molar-refractivity contribution in [3.8, 4) is 0 Å². The van der Waals surface area contributed by atoms with E-state index < -0.39 is 0 Å². The standard InChI is InChI=1S/C12H18ClN3O/c1-2-11-14-10(13)7-12(15-11)16-5-3-9(8-17)4-6-16/h7,9,17H,2-6,8H2,1H3. The summed E-state index contributed by atoms with van der Waals surface area (Å²) in [7, 11) is 0. The maximum atomic E-state index is 9.11. The van der Waals surface area contributed by atoms with Gasteiger partial charge in [0.2, 0.25) is 0 Å². The zero-order valence-corrected chi connectivity index (χ0v) is 10.8. The lowest BCUT2D eigenvalue weighted by molar-refractivity contribution is 0.202. The maximum absolute atomic E-state index is 9.11. The number of aliphatic hydroxyl groups excluding tert-OH is 1. The lowest BCUT2D eigenvalue weighted by Gasteiger charge is -2.32. The third kappa shape index (κ3) is 3.07. The van der Waals surface area contributed by atoms with Crippen molar-refractivity contribution in [3.05, 3.63) is 17.0 Å². The van der Waals surface area contributed by atoms with Crippen LogP contribution in [0.5, 0.6) is 0 Å². The number of aliphatic hydroxyl groups is 1. The molecule has 0 atom stereocenters. The van der Waals surface area contributed by atoms with Gasteiger partial charge in [-0.2, -0.15) is 0 Å². The summed E-state index contributed by atoms with van der Waals surface area (Å²) in [6, 6.07) is 1.82.